The van der Waals surface area contributed by atoms with Crippen LogP contribution in [0.3, 0.4) is 0 Å². The lowest BCUT2D eigenvalue weighted by molar-refractivity contribution is -0.136. The molecule has 0 saturated heterocycles. The predicted octanol–water partition coefficient (Wildman–Crippen LogP) is 4.01. The van der Waals surface area contributed by atoms with E-state index < -0.39 is 0 Å². The smallest absolute Gasteiger partial charge is 0.278 e. The molecule has 1 aliphatic rings. The lowest BCUT2D eigenvalue weighted by atomic mass is 10.0. The van der Waals surface area contributed by atoms with Gasteiger partial charge in [0, 0.05) is 24.4 Å². The molecule has 0 aliphatic carbocycles. The number of rotatable bonds is 9. The molecule has 1 N–H and O–H groups in total. The molecular formula is C24H28N2O5. The normalized spacial score (nSPS) is 13.6. The first-order valence-corrected chi connectivity index (χ1v) is 10.2. The van der Waals surface area contributed by atoms with E-state index in [0.717, 1.165) is 18.4 Å². The fourth-order valence-electron chi connectivity index (χ4n) is 3.50. The van der Waals surface area contributed by atoms with Crippen molar-refractivity contribution in [3.05, 3.63) is 53.2 Å². The van der Waals surface area contributed by atoms with Gasteiger partial charge in [-0.05, 0) is 18.9 Å². The molecule has 0 atom stereocenters. The molecule has 2 aromatic carbocycles. The zero-order valence-corrected chi connectivity index (χ0v) is 18.6. The van der Waals surface area contributed by atoms with E-state index in [0.29, 0.717) is 40.6 Å². The highest BCUT2D eigenvalue weighted by molar-refractivity contribution is 6.36. The summed E-state index contributed by atoms with van der Waals surface area (Å²) in [4.78, 5) is 27.7. The summed E-state index contributed by atoms with van der Waals surface area (Å²) < 4.78 is 16.2. The number of imide groups is 1. The molecule has 1 heterocycles. The van der Waals surface area contributed by atoms with Crippen molar-refractivity contribution in [1.82, 2.24) is 4.90 Å². The Morgan fingerprint density at radius 3 is 2.03 bits per heavy atom. The van der Waals surface area contributed by atoms with E-state index in [9.17, 15) is 9.59 Å². The Hall–Kier alpha value is -3.48. The van der Waals surface area contributed by atoms with Crippen molar-refractivity contribution in [2.24, 2.45) is 0 Å². The lowest BCUT2D eigenvalue weighted by Gasteiger charge is -2.16. The largest absolute Gasteiger partial charge is 0.493 e. The van der Waals surface area contributed by atoms with E-state index in [4.69, 9.17) is 14.2 Å². The van der Waals surface area contributed by atoms with Gasteiger partial charge in [-0.15, -0.1) is 0 Å². The van der Waals surface area contributed by atoms with Crippen molar-refractivity contribution in [3.8, 4) is 17.2 Å². The van der Waals surface area contributed by atoms with Crippen LogP contribution < -0.4 is 19.5 Å². The van der Waals surface area contributed by atoms with E-state index >= 15 is 0 Å². The van der Waals surface area contributed by atoms with Crippen molar-refractivity contribution >= 4 is 23.1 Å². The fourth-order valence-corrected chi connectivity index (χ4v) is 3.50. The summed E-state index contributed by atoms with van der Waals surface area (Å²) >= 11 is 0. The number of hydrogen-bond acceptors (Lipinski definition) is 6. The molecule has 164 valence electrons. The summed E-state index contributed by atoms with van der Waals surface area (Å²) in [5.74, 6) is 0.699. The molecule has 0 spiro atoms. The van der Waals surface area contributed by atoms with Crippen molar-refractivity contribution in [2.75, 3.05) is 33.2 Å². The first-order valence-electron chi connectivity index (χ1n) is 10.2. The number of nitrogens with one attached hydrogen (secondary N) is 1. The Morgan fingerprint density at radius 2 is 1.52 bits per heavy atom. The second-order valence-electron chi connectivity index (χ2n) is 7.27. The maximum absolute atomic E-state index is 13.2. The number of carbonyl (C=O) groups is 2. The number of nitrogens with zero attached hydrogens (tertiary/aromatic N) is 1. The van der Waals surface area contributed by atoms with Crippen LogP contribution in [0.1, 0.15) is 30.9 Å². The number of unbranched alkanes of at least 4 members (excludes halogenated alkanes) is 1. The van der Waals surface area contributed by atoms with Crippen LogP contribution in [0, 0.1) is 6.92 Å². The highest BCUT2D eigenvalue weighted by Crippen LogP contribution is 2.41. The summed E-state index contributed by atoms with van der Waals surface area (Å²) in [5, 5.41) is 3.14. The summed E-state index contributed by atoms with van der Waals surface area (Å²) in [6, 6.07) is 11.0. The zero-order valence-electron chi connectivity index (χ0n) is 18.6. The SMILES string of the molecule is CCCCN1C(=O)C(Nc2cc(OC)c(OC)c(OC)c2)=C(c2ccc(C)cc2)C1=O. The number of hydrogen-bond donors (Lipinski definition) is 1. The van der Waals surface area contributed by atoms with Crippen molar-refractivity contribution in [1.29, 1.82) is 0 Å². The lowest BCUT2D eigenvalue weighted by Crippen LogP contribution is -2.33. The van der Waals surface area contributed by atoms with E-state index in [2.05, 4.69) is 5.32 Å². The van der Waals surface area contributed by atoms with Gasteiger partial charge >= 0.3 is 0 Å². The number of methoxy groups -OCH3 is 3. The van der Waals surface area contributed by atoms with Crippen LogP contribution in [-0.2, 0) is 9.59 Å². The average molecular weight is 424 g/mol. The maximum Gasteiger partial charge on any atom is 0.278 e. The molecule has 0 saturated carbocycles. The van der Waals surface area contributed by atoms with Gasteiger partial charge in [0.1, 0.15) is 5.70 Å². The van der Waals surface area contributed by atoms with Gasteiger partial charge in [0.25, 0.3) is 11.8 Å². The van der Waals surface area contributed by atoms with Crippen LogP contribution >= 0.6 is 0 Å². The quantitative estimate of drug-likeness (QED) is 0.613. The second kappa shape index (κ2) is 9.55. The molecule has 0 radical (unpaired) electrons. The van der Waals surface area contributed by atoms with Crippen LogP contribution in [0.4, 0.5) is 5.69 Å². The molecule has 0 unspecified atom stereocenters. The Balaban J connectivity index is 2.09. The molecule has 3 rings (SSSR count). The number of benzene rings is 2. The molecular weight excluding hydrogens is 396 g/mol. The number of ether oxygens (including phenoxy) is 3. The molecule has 7 heteroatoms. The van der Waals surface area contributed by atoms with Gasteiger partial charge in [-0.2, -0.15) is 0 Å². The Kier molecular flexibility index (Phi) is 6.84. The van der Waals surface area contributed by atoms with Gasteiger partial charge in [0.15, 0.2) is 11.5 Å². The summed E-state index contributed by atoms with van der Waals surface area (Å²) in [6.07, 6.45) is 1.63. The van der Waals surface area contributed by atoms with Gasteiger partial charge in [0.2, 0.25) is 5.75 Å². The fraction of sp³-hybridized carbons (Fsp3) is 0.333. The number of amides is 2. The van der Waals surface area contributed by atoms with Gasteiger partial charge < -0.3 is 19.5 Å². The molecule has 0 aromatic heterocycles. The van der Waals surface area contributed by atoms with Crippen LogP contribution in [0.2, 0.25) is 0 Å². The molecule has 7 nitrogen and oxygen atoms in total. The predicted molar refractivity (Wildman–Crippen MR) is 119 cm³/mol. The Labute approximate surface area is 182 Å². The van der Waals surface area contributed by atoms with E-state index in [1.165, 1.54) is 26.2 Å². The molecule has 2 aromatic rings. The monoisotopic (exact) mass is 424 g/mol. The van der Waals surface area contributed by atoms with Gasteiger partial charge in [-0.25, -0.2) is 0 Å². The van der Waals surface area contributed by atoms with Crippen molar-refractivity contribution in [3.63, 3.8) is 0 Å². The minimum atomic E-state index is -0.345. The third-order valence-electron chi connectivity index (χ3n) is 5.18. The molecule has 0 bridgehead atoms. The Morgan fingerprint density at radius 1 is 0.903 bits per heavy atom. The standard InChI is InChI=1S/C24H28N2O5/c1-6-7-12-26-23(27)20(16-10-8-15(2)9-11-16)21(24(26)28)25-17-13-18(29-3)22(31-5)19(14-17)30-4/h8-11,13-14,25H,6-7,12H2,1-5H3. The Bertz CT molecular complexity index is 986. The van der Waals surface area contributed by atoms with E-state index in [1.54, 1.807) is 12.1 Å². The number of aryl methyl sites for hydroxylation is 1. The first-order chi connectivity index (χ1) is 14.9. The molecule has 2 amide bonds. The van der Waals surface area contributed by atoms with Crippen LogP contribution in [-0.4, -0.2) is 44.6 Å². The zero-order chi connectivity index (χ0) is 22.5. The van der Waals surface area contributed by atoms with Gasteiger partial charge in [-0.3, -0.25) is 14.5 Å². The van der Waals surface area contributed by atoms with Crippen LogP contribution in [0.25, 0.3) is 5.57 Å². The van der Waals surface area contributed by atoms with Gasteiger partial charge in [-0.1, -0.05) is 43.2 Å². The summed E-state index contributed by atoms with van der Waals surface area (Å²) in [6.45, 7) is 4.38. The van der Waals surface area contributed by atoms with Crippen LogP contribution in [0.15, 0.2) is 42.1 Å². The molecule has 0 fully saturated rings. The summed E-state index contributed by atoms with van der Waals surface area (Å²) in [7, 11) is 4.57. The number of carbonyl (C=O) groups excluding carboxylic acids is 2. The molecule has 31 heavy (non-hydrogen) atoms. The molecule has 1 aliphatic heterocycles. The number of anilines is 1. The maximum atomic E-state index is 13.2. The van der Waals surface area contributed by atoms with E-state index in [1.807, 2.05) is 38.1 Å². The van der Waals surface area contributed by atoms with Crippen molar-refractivity contribution in [2.45, 2.75) is 26.7 Å². The average Bonchev–Trinajstić information content (AvgIpc) is 3.01. The minimum Gasteiger partial charge on any atom is -0.493 e. The second-order valence-corrected chi connectivity index (χ2v) is 7.27. The third kappa shape index (κ3) is 4.35. The first kappa shape index (κ1) is 22.2. The highest BCUT2D eigenvalue weighted by atomic mass is 16.5. The van der Waals surface area contributed by atoms with Gasteiger partial charge in [0.05, 0.1) is 26.9 Å². The van der Waals surface area contributed by atoms with E-state index in [-0.39, 0.29) is 17.5 Å². The van der Waals surface area contributed by atoms with Crippen molar-refractivity contribution < 1.29 is 23.8 Å². The summed E-state index contributed by atoms with van der Waals surface area (Å²) in [5.41, 5.74) is 2.91. The highest BCUT2D eigenvalue weighted by Gasteiger charge is 2.39. The topological polar surface area (TPSA) is 77.1 Å². The third-order valence-corrected chi connectivity index (χ3v) is 5.18. The van der Waals surface area contributed by atoms with Crippen LogP contribution in [0.5, 0.6) is 17.2 Å². The minimum absolute atomic E-state index is 0.235.